The van der Waals surface area contributed by atoms with Crippen LogP contribution in [0.1, 0.15) is 40.5 Å². The second kappa shape index (κ2) is 7.22. The fourth-order valence-electron chi connectivity index (χ4n) is 1.31. The molecule has 0 atom stereocenters. The first kappa shape index (κ1) is 15.8. The molecule has 0 saturated heterocycles. The van der Waals surface area contributed by atoms with Crippen molar-refractivity contribution in [1.82, 2.24) is 0 Å². The van der Waals surface area contributed by atoms with Gasteiger partial charge >= 0.3 is 0 Å². The lowest BCUT2D eigenvalue weighted by Gasteiger charge is -2.29. The Morgan fingerprint density at radius 3 is 1.75 bits per heavy atom. The van der Waals surface area contributed by atoms with Crippen LogP contribution in [0, 0.1) is 0 Å². The highest BCUT2D eigenvalue weighted by Gasteiger charge is 2.22. The van der Waals surface area contributed by atoms with E-state index in [0.29, 0.717) is 19.6 Å². The summed E-state index contributed by atoms with van der Waals surface area (Å²) in [6.07, 6.45) is 1.40. The van der Waals surface area contributed by atoms with Gasteiger partial charge in [0.25, 0.3) is 0 Å². The Hall–Kier alpha value is -0.160. The molecule has 0 aliphatic carbocycles. The maximum Gasteiger partial charge on any atom is 0.0705 e. The van der Waals surface area contributed by atoms with Crippen molar-refractivity contribution >= 4 is 0 Å². The molecule has 0 bridgehead atoms. The van der Waals surface area contributed by atoms with Crippen LogP contribution in [0.4, 0.5) is 0 Å². The Balaban J connectivity index is 3.78. The van der Waals surface area contributed by atoms with Crippen LogP contribution in [0.5, 0.6) is 0 Å². The van der Waals surface area contributed by atoms with Crippen LogP contribution in [-0.2, 0) is 9.47 Å². The van der Waals surface area contributed by atoms with Crippen molar-refractivity contribution in [2.75, 3.05) is 26.4 Å². The Morgan fingerprint density at radius 2 is 1.25 bits per heavy atom. The molecule has 0 aromatic heterocycles. The van der Waals surface area contributed by atoms with E-state index in [2.05, 4.69) is 0 Å². The second-order valence-electron chi connectivity index (χ2n) is 5.16. The van der Waals surface area contributed by atoms with Crippen LogP contribution >= 0.6 is 0 Å². The Morgan fingerprint density at radius 1 is 0.750 bits per heavy atom. The summed E-state index contributed by atoms with van der Waals surface area (Å²) in [5, 5.41) is 17.5. The molecule has 0 spiro atoms. The van der Waals surface area contributed by atoms with E-state index in [1.165, 1.54) is 0 Å². The minimum atomic E-state index is -0.290. The van der Waals surface area contributed by atoms with Crippen LogP contribution in [0.25, 0.3) is 0 Å². The van der Waals surface area contributed by atoms with Crippen molar-refractivity contribution in [2.24, 2.45) is 0 Å². The second-order valence-corrected chi connectivity index (χ2v) is 5.16. The SMILES string of the molecule is CC(C)(CCO)OCCC(C)(C)OCCO. The van der Waals surface area contributed by atoms with E-state index in [4.69, 9.17) is 19.7 Å². The topological polar surface area (TPSA) is 58.9 Å². The summed E-state index contributed by atoms with van der Waals surface area (Å²) in [4.78, 5) is 0. The molecule has 2 N–H and O–H groups in total. The van der Waals surface area contributed by atoms with Crippen LogP contribution < -0.4 is 0 Å². The molecule has 0 aromatic rings. The van der Waals surface area contributed by atoms with Gasteiger partial charge in [-0.3, -0.25) is 0 Å². The molecule has 0 fully saturated rings. The zero-order chi connectivity index (χ0) is 12.7. The standard InChI is InChI=1S/C12H26O4/c1-11(2,5-7-13)15-9-6-12(3,4)16-10-8-14/h13-14H,5-10H2,1-4H3. The van der Waals surface area contributed by atoms with E-state index in [1.807, 2.05) is 27.7 Å². The van der Waals surface area contributed by atoms with Crippen LogP contribution in [0.15, 0.2) is 0 Å². The zero-order valence-electron chi connectivity index (χ0n) is 11.0. The summed E-state index contributed by atoms with van der Waals surface area (Å²) in [6.45, 7) is 9.00. The molecular weight excluding hydrogens is 208 g/mol. The normalized spacial score (nSPS) is 13.1. The van der Waals surface area contributed by atoms with Crippen molar-refractivity contribution in [3.05, 3.63) is 0 Å². The number of aliphatic hydroxyl groups excluding tert-OH is 2. The van der Waals surface area contributed by atoms with Crippen LogP contribution in [0.2, 0.25) is 0 Å². The molecule has 0 aliphatic heterocycles. The van der Waals surface area contributed by atoms with E-state index >= 15 is 0 Å². The molecule has 0 radical (unpaired) electrons. The first-order valence-corrected chi connectivity index (χ1v) is 5.83. The lowest BCUT2D eigenvalue weighted by atomic mass is 10.0. The molecule has 0 amide bonds. The van der Waals surface area contributed by atoms with Crippen molar-refractivity contribution in [3.63, 3.8) is 0 Å². The lowest BCUT2D eigenvalue weighted by molar-refractivity contribution is -0.0826. The van der Waals surface area contributed by atoms with Gasteiger partial charge in [0.1, 0.15) is 0 Å². The number of hydrogen-bond donors (Lipinski definition) is 2. The van der Waals surface area contributed by atoms with Crippen molar-refractivity contribution in [2.45, 2.75) is 51.7 Å². The quantitative estimate of drug-likeness (QED) is 0.632. The maximum atomic E-state index is 8.84. The van der Waals surface area contributed by atoms with E-state index in [9.17, 15) is 0 Å². The molecule has 4 nitrogen and oxygen atoms in total. The third-order valence-electron chi connectivity index (χ3n) is 2.49. The van der Waals surface area contributed by atoms with E-state index < -0.39 is 0 Å². The monoisotopic (exact) mass is 234 g/mol. The highest BCUT2D eigenvalue weighted by atomic mass is 16.5. The maximum absolute atomic E-state index is 8.84. The third-order valence-corrected chi connectivity index (χ3v) is 2.49. The summed E-state index contributed by atoms with van der Waals surface area (Å²) in [5.41, 5.74) is -0.570. The van der Waals surface area contributed by atoms with Gasteiger partial charge in [0, 0.05) is 6.61 Å². The Kier molecular flexibility index (Phi) is 7.15. The van der Waals surface area contributed by atoms with Crippen molar-refractivity contribution < 1.29 is 19.7 Å². The molecule has 0 heterocycles. The summed E-state index contributed by atoms with van der Waals surface area (Å²) in [7, 11) is 0. The van der Waals surface area contributed by atoms with Gasteiger partial charge in [-0.15, -0.1) is 0 Å². The molecule has 0 rings (SSSR count). The van der Waals surface area contributed by atoms with Crippen molar-refractivity contribution in [1.29, 1.82) is 0 Å². The molecule has 16 heavy (non-hydrogen) atoms. The lowest BCUT2D eigenvalue weighted by Crippen LogP contribution is -2.32. The molecular formula is C12H26O4. The Labute approximate surface area is 98.6 Å². The zero-order valence-corrected chi connectivity index (χ0v) is 11.0. The molecule has 4 heteroatoms. The molecule has 0 aromatic carbocycles. The minimum absolute atomic E-state index is 0.0420. The minimum Gasteiger partial charge on any atom is -0.396 e. The fraction of sp³-hybridized carbons (Fsp3) is 1.00. The van der Waals surface area contributed by atoms with Gasteiger partial charge in [-0.05, 0) is 40.5 Å². The number of aliphatic hydroxyl groups is 2. The van der Waals surface area contributed by atoms with Gasteiger partial charge in [-0.2, -0.15) is 0 Å². The largest absolute Gasteiger partial charge is 0.396 e. The number of hydrogen-bond acceptors (Lipinski definition) is 4. The van der Waals surface area contributed by atoms with Gasteiger partial charge < -0.3 is 19.7 Å². The first-order valence-electron chi connectivity index (χ1n) is 5.83. The molecule has 0 aliphatic rings. The smallest absolute Gasteiger partial charge is 0.0705 e. The average Bonchev–Trinajstić information content (AvgIpc) is 2.14. The molecule has 0 saturated carbocycles. The summed E-state index contributed by atoms with van der Waals surface area (Å²) < 4.78 is 11.2. The predicted molar refractivity (Wildman–Crippen MR) is 63.5 cm³/mol. The average molecular weight is 234 g/mol. The molecule has 0 unspecified atom stereocenters. The summed E-state index contributed by atoms with van der Waals surface area (Å²) in [6, 6.07) is 0. The van der Waals surface area contributed by atoms with Gasteiger partial charge in [-0.25, -0.2) is 0 Å². The number of rotatable bonds is 9. The highest BCUT2D eigenvalue weighted by Crippen LogP contribution is 2.18. The van der Waals surface area contributed by atoms with Gasteiger partial charge in [0.15, 0.2) is 0 Å². The van der Waals surface area contributed by atoms with Crippen molar-refractivity contribution in [3.8, 4) is 0 Å². The fourth-order valence-corrected chi connectivity index (χ4v) is 1.31. The van der Waals surface area contributed by atoms with Crippen LogP contribution in [0.3, 0.4) is 0 Å². The number of ether oxygens (including phenoxy) is 2. The van der Waals surface area contributed by atoms with E-state index in [1.54, 1.807) is 0 Å². The third kappa shape index (κ3) is 8.05. The van der Waals surface area contributed by atoms with Crippen LogP contribution in [-0.4, -0.2) is 47.8 Å². The predicted octanol–water partition coefficient (Wildman–Crippen LogP) is 1.34. The summed E-state index contributed by atoms with van der Waals surface area (Å²) >= 11 is 0. The Bertz CT molecular complexity index is 178. The van der Waals surface area contributed by atoms with E-state index in [-0.39, 0.29) is 24.4 Å². The van der Waals surface area contributed by atoms with Gasteiger partial charge in [-0.1, -0.05) is 0 Å². The van der Waals surface area contributed by atoms with Gasteiger partial charge in [0.05, 0.1) is 31.0 Å². The highest BCUT2D eigenvalue weighted by molar-refractivity contribution is 4.71. The summed E-state index contributed by atoms with van der Waals surface area (Å²) in [5.74, 6) is 0. The van der Waals surface area contributed by atoms with Gasteiger partial charge in [0.2, 0.25) is 0 Å². The van der Waals surface area contributed by atoms with E-state index in [0.717, 1.165) is 6.42 Å². The first-order chi connectivity index (χ1) is 7.33. The molecule has 98 valence electrons.